The predicted octanol–water partition coefficient (Wildman–Crippen LogP) is 2.75. The largest absolute Gasteiger partial charge is 0.435 e. The highest BCUT2D eigenvalue weighted by Crippen LogP contribution is 2.15. The molecule has 0 saturated carbocycles. The summed E-state index contributed by atoms with van der Waals surface area (Å²) in [5.74, 6) is 0.802. The molecule has 4 nitrogen and oxygen atoms in total. The number of halogens is 2. The number of hydrogen-bond acceptors (Lipinski definition) is 2. The fraction of sp³-hybridized carbons (Fsp3) is 0.500. The van der Waals surface area contributed by atoms with Crippen molar-refractivity contribution in [2.45, 2.75) is 39.5 Å². The van der Waals surface area contributed by atoms with Crippen molar-refractivity contribution in [1.82, 2.24) is 10.6 Å². The lowest BCUT2D eigenvalue weighted by molar-refractivity contribution is -0.0498. The molecule has 0 saturated heterocycles. The van der Waals surface area contributed by atoms with Gasteiger partial charge in [0, 0.05) is 19.1 Å². The fourth-order valence-corrected chi connectivity index (χ4v) is 1.55. The molecule has 6 heteroatoms. The van der Waals surface area contributed by atoms with Crippen LogP contribution in [0.4, 0.5) is 8.78 Å². The van der Waals surface area contributed by atoms with Gasteiger partial charge in [-0.2, -0.15) is 8.78 Å². The Bertz CT molecular complexity index is 456. The van der Waals surface area contributed by atoms with Crippen molar-refractivity contribution in [2.75, 3.05) is 7.05 Å². The zero-order valence-electron chi connectivity index (χ0n) is 12.2. The predicted molar refractivity (Wildman–Crippen MR) is 76.2 cm³/mol. The number of alkyl halides is 2. The zero-order chi connectivity index (χ0) is 15.2. The second kappa shape index (κ2) is 7.07. The Kier molecular flexibility index (Phi) is 5.73. The van der Waals surface area contributed by atoms with Gasteiger partial charge in [-0.3, -0.25) is 4.99 Å². The minimum Gasteiger partial charge on any atom is -0.435 e. The average Bonchev–Trinajstić information content (AvgIpc) is 2.32. The van der Waals surface area contributed by atoms with Gasteiger partial charge in [-0.15, -0.1) is 0 Å². The molecule has 0 unspecified atom stereocenters. The summed E-state index contributed by atoms with van der Waals surface area (Å²) in [7, 11) is 1.68. The van der Waals surface area contributed by atoms with Crippen LogP contribution in [0.1, 0.15) is 26.3 Å². The van der Waals surface area contributed by atoms with Gasteiger partial charge < -0.3 is 15.4 Å². The third kappa shape index (κ3) is 6.36. The number of ether oxygens (including phenoxy) is 1. The lowest BCUT2D eigenvalue weighted by Crippen LogP contribution is -2.47. The number of nitrogens with one attached hydrogen (secondary N) is 2. The summed E-state index contributed by atoms with van der Waals surface area (Å²) >= 11 is 0. The Labute approximate surface area is 118 Å². The maximum atomic E-state index is 12.1. The molecule has 1 rings (SSSR count). The van der Waals surface area contributed by atoms with Crippen molar-refractivity contribution in [3.63, 3.8) is 0 Å². The Morgan fingerprint density at radius 3 is 2.60 bits per heavy atom. The van der Waals surface area contributed by atoms with Gasteiger partial charge in [-0.05, 0) is 38.5 Å². The average molecular weight is 285 g/mol. The van der Waals surface area contributed by atoms with Gasteiger partial charge in [-0.1, -0.05) is 12.1 Å². The van der Waals surface area contributed by atoms with Gasteiger partial charge in [0.25, 0.3) is 0 Å². The van der Waals surface area contributed by atoms with E-state index in [0.29, 0.717) is 12.5 Å². The topological polar surface area (TPSA) is 45.7 Å². The fourth-order valence-electron chi connectivity index (χ4n) is 1.55. The molecule has 20 heavy (non-hydrogen) atoms. The standard InChI is InChI=1S/C14H21F2N3O/c1-14(2,3)19-13(17-4)18-9-10-6-5-7-11(8-10)20-12(15)16/h5-8,12H,9H2,1-4H3,(H2,17,18,19). The summed E-state index contributed by atoms with van der Waals surface area (Å²) in [5, 5.41) is 6.33. The van der Waals surface area contributed by atoms with Crippen LogP contribution in [0.15, 0.2) is 29.3 Å². The van der Waals surface area contributed by atoms with E-state index in [1.807, 2.05) is 26.8 Å². The summed E-state index contributed by atoms with van der Waals surface area (Å²) in [5.41, 5.74) is 0.725. The highest BCUT2D eigenvalue weighted by atomic mass is 19.3. The van der Waals surface area contributed by atoms with E-state index in [9.17, 15) is 8.78 Å². The molecule has 0 aliphatic heterocycles. The Morgan fingerprint density at radius 1 is 1.35 bits per heavy atom. The van der Waals surface area contributed by atoms with Gasteiger partial charge in [-0.25, -0.2) is 0 Å². The summed E-state index contributed by atoms with van der Waals surface area (Å²) in [6, 6.07) is 6.58. The SMILES string of the molecule is CN=C(NCc1cccc(OC(F)F)c1)NC(C)(C)C. The van der Waals surface area contributed by atoms with Crippen molar-refractivity contribution in [3.8, 4) is 5.75 Å². The molecule has 112 valence electrons. The molecule has 1 aromatic carbocycles. The van der Waals surface area contributed by atoms with Crippen LogP contribution >= 0.6 is 0 Å². The van der Waals surface area contributed by atoms with Gasteiger partial charge in [0.15, 0.2) is 5.96 Å². The monoisotopic (exact) mass is 285 g/mol. The van der Waals surface area contributed by atoms with Crippen LogP contribution in [0, 0.1) is 0 Å². The van der Waals surface area contributed by atoms with Crippen molar-refractivity contribution in [1.29, 1.82) is 0 Å². The first kappa shape index (κ1) is 16.2. The van der Waals surface area contributed by atoms with Gasteiger partial charge in [0.1, 0.15) is 5.75 Å². The number of benzene rings is 1. The second-order valence-corrected chi connectivity index (χ2v) is 5.33. The van der Waals surface area contributed by atoms with Crippen LogP contribution in [-0.2, 0) is 6.54 Å². The number of guanidine groups is 1. The van der Waals surface area contributed by atoms with Crippen molar-refractivity contribution < 1.29 is 13.5 Å². The molecule has 0 bridgehead atoms. The lowest BCUT2D eigenvalue weighted by Gasteiger charge is -2.23. The highest BCUT2D eigenvalue weighted by Gasteiger charge is 2.11. The first-order chi connectivity index (χ1) is 9.30. The Morgan fingerprint density at radius 2 is 2.05 bits per heavy atom. The van der Waals surface area contributed by atoms with Gasteiger partial charge in [0.05, 0.1) is 0 Å². The summed E-state index contributed by atoms with van der Waals surface area (Å²) < 4.78 is 28.6. The van der Waals surface area contributed by atoms with Crippen LogP contribution in [0.25, 0.3) is 0 Å². The van der Waals surface area contributed by atoms with E-state index in [1.54, 1.807) is 19.2 Å². The van der Waals surface area contributed by atoms with Crippen molar-refractivity contribution in [2.24, 2.45) is 4.99 Å². The molecule has 0 spiro atoms. The molecule has 0 aliphatic carbocycles. The molecule has 2 N–H and O–H groups in total. The van der Waals surface area contributed by atoms with Gasteiger partial charge in [0.2, 0.25) is 0 Å². The molecular weight excluding hydrogens is 264 g/mol. The van der Waals surface area contributed by atoms with E-state index in [1.165, 1.54) is 6.07 Å². The summed E-state index contributed by atoms with van der Waals surface area (Å²) in [4.78, 5) is 4.10. The van der Waals surface area contributed by atoms with Crippen molar-refractivity contribution >= 4 is 5.96 Å². The lowest BCUT2D eigenvalue weighted by atomic mass is 10.1. The van der Waals surface area contributed by atoms with E-state index in [-0.39, 0.29) is 11.3 Å². The molecule has 0 aromatic heterocycles. The van der Waals surface area contributed by atoms with Crippen molar-refractivity contribution in [3.05, 3.63) is 29.8 Å². The smallest absolute Gasteiger partial charge is 0.387 e. The molecule has 0 fully saturated rings. The van der Waals surface area contributed by atoms with Crippen LogP contribution in [-0.4, -0.2) is 25.2 Å². The molecule has 0 radical (unpaired) electrons. The molecule has 1 aromatic rings. The van der Waals surface area contributed by atoms with E-state index >= 15 is 0 Å². The van der Waals surface area contributed by atoms with Crippen LogP contribution in [0.2, 0.25) is 0 Å². The number of hydrogen-bond donors (Lipinski definition) is 2. The zero-order valence-corrected chi connectivity index (χ0v) is 12.2. The summed E-state index contributed by atoms with van der Waals surface area (Å²) in [6.07, 6.45) is 0. The second-order valence-electron chi connectivity index (χ2n) is 5.33. The summed E-state index contributed by atoms with van der Waals surface area (Å²) in [6.45, 7) is 3.73. The normalized spacial score (nSPS) is 12.4. The van der Waals surface area contributed by atoms with E-state index in [0.717, 1.165) is 5.56 Å². The molecule has 0 amide bonds. The third-order valence-electron chi connectivity index (χ3n) is 2.30. The maximum Gasteiger partial charge on any atom is 0.387 e. The minimum atomic E-state index is -2.81. The number of nitrogens with zero attached hydrogens (tertiary/aromatic N) is 1. The van der Waals surface area contributed by atoms with E-state index < -0.39 is 6.61 Å². The number of aliphatic imine (C=N–C) groups is 1. The Hall–Kier alpha value is -1.85. The molecule has 0 atom stereocenters. The van der Waals surface area contributed by atoms with E-state index in [4.69, 9.17) is 0 Å². The molecule has 0 aliphatic rings. The Balaban J connectivity index is 2.60. The molecule has 0 heterocycles. The highest BCUT2D eigenvalue weighted by molar-refractivity contribution is 5.80. The number of rotatable bonds is 4. The van der Waals surface area contributed by atoms with E-state index in [2.05, 4.69) is 20.4 Å². The van der Waals surface area contributed by atoms with Crippen LogP contribution in [0.3, 0.4) is 0 Å². The minimum absolute atomic E-state index is 0.109. The first-order valence-corrected chi connectivity index (χ1v) is 6.33. The first-order valence-electron chi connectivity index (χ1n) is 6.33. The van der Waals surface area contributed by atoms with Gasteiger partial charge >= 0.3 is 6.61 Å². The quantitative estimate of drug-likeness (QED) is 0.660. The molecular formula is C14H21F2N3O. The van der Waals surface area contributed by atoms with Crippen LogP contribution in [0.5, 0.6) is 5.75 Å². The third-order valence-corrected chi connectivity index (χ3v) is 2.30. The van der Waals surface area contributed by atoms with Crippen LogP contribution < -0.4 is 15.4 Å². The maximum absolute atomic E-state index is 12.1.